The lowest BCUT2D eigenvalue weighted by molar-refractivity contribution is 0.102. The molecular weight excluding hydrogens is 505 g/mol. The summed E-state index contributed by atoms with van der Waals surface area (Å²) >= 11 is 13.5. The van der Waals surface area contributed by atoms with Crippen LogP contribution in [0.5, 0.6) is 0 Å². The lowest BCUT2D eigenvalue weighted by Crippen LogP contribution is -2.43. The van der Waals surface area contributed by atoms with Crippen LogP contribution in [0.25, 0.3) is 11.3 Å². The van der Waals surface area contributed by atoms with Crippen molar-refractivity contribution in [2.75, 3.05) is 41.7 Å². The molecule has 2 aromatic carbocycles. The van der Waals surface area contributed by atoms with Crippen molar-refractivity contribution in [3.8, 4) is 11.3 Å². The second-order valence-corrected chi connectivity index (χ2v) is 9.71. The van der Waals surface area contributed by atoms with E-state index in [4.69, 9.17) is 23.2 Å². The van der Waals surface area contributed by atoms with Crippen molar-refractivity contribution in [2.24, 2.45) is 7.05 Å². The molecule has 4 aromatic rings. The van der Waals surface area contributed by atoms with Crippen molar-refractivity contribution in [3.05, 3.63) is 69.7 Å². The van der Waals surface area contributed by atoms with E-state index >= 15 is 0 Å². The van der Waals surface area contributed by atoms with Gasteiger partial charge in [0.15, 0.2) is 5.13 Å². The maximum Gasteiger partial charge on any atom is 0.275 e. The summed E-state index contributed by atoms with van der Waals surface area (Å²) in [6.45, 7) is 3.63. The summed E-state index contributed by atoms with van der Waals surface area (Å²) < 4.78 is 1.71. The first-order valence-corrected chi connectivity index (χ1v) is 12.7. The summed E-state index contributed by atoms with van der Waals surface area (Å²) in [5.41, 5.74) is 3.73. The molecule has 1 amide bonds. The van der Waals surface area contributed by atoms with Gasteiger partial charge in [-0.1, -0.05) is 41.4 Å². The average Bonchev–Trinajstić information content (AvgIpc) is 3.49. The van der Waals surface area contributed by atoms with Crippen LogP contribution in [0.15, 0.2) is 53.9 Å². The number of benzene rings is 2. The predicted molar refractivity (Wildman–Crippen MR) is 144 cm³/mol. The lowest BCUT2D eigenvalue weighted by Gasteiger charge is -2.31. The summed E-state index contributed by atoms with van der Waals surface area (Å²) in [5.74, 6) is 0.481. The minimum Gasteiger partial charge on any atom is -0.367 e. The molecule has 8 nitrogen and oxygen atoms in total. The number of piperazine rings is 1. The second-order valence-electron chi connectivity index (χ2n) is 8.04. The van der Waals surface area contributed by atoms with Crippen molar-refractivity contribution >= 4 is 62.8 Å². The molecule has 0 atom stereocenters. The number of thiazole rings is 1. The van der Waals surface area contributed by atoms with E-state index in [0.29, 0.717) is 20.9 Å². The van der Waals surface area contributed by atoms with Gasteiger partial charge in [0, 0.05) is 50.2 Å². The van der Waals surface area contributed by atoms with E-state index in [0.717, 1.165) is 54.6 Å². The standard InChI is InChI=1S/C24H23Cl2N7OS/c1-32-22(13-19(31-32)15-6-7-16(25)17(26)12-15)30-24-29-20(14-35-24)23(34)28-18-4-2-3-5-21(18)33-10-8-27-9-11-33/h2-7,12-14,27H,8-11H2,1H3,(H,28,34)(H,29,30). The molecule has 5 rings (SSSR count). The van der Waals surface area contributed by atoms with Crippen LogP contribution in [0.2, 0.25) is 10.0 Å². The van der Waals surface area contributed by atoms with Gasteiger partial charge in [0.05, 0.1) is 27.1 Å². The Morgan fingerprint density at radius 1 is 1.09 bits per heavy atom. The number of amides is 1. The Morgan fingerprint density at radius 2 is 1.89 bits per heavy atom. The van der Waals surface area contributed by atoms with Crippen LogP contribution in [0, 0.1) is 0 Å². The Balaban J connectivity index is 1.29. The van der Waals surface area contributed by atoms with Crippen LogP contribution in [0.3, 0.4) is 0 Å². The number of para-hydroxylation sites is 2. The van der Waals surface area contributed by atoms with Gasteiger partial charge in [0.1, 0.15) is 11.5 Å². The topological polar surface area (TPSA) is 87.1 Å². The van der Waals surface area contributed by atoms with E-state index in [2.05, 4.69) is 30.9 Å². The number of aromatic nitrogens is 3. The first kappa shape index (κ1) is 23.6. The zero-order valence-electron chi connectivity index (χ0n) is 18.9. The second kappa shape index (κ2) is 10.2. The Kier molecular flexibility index (Phi) is 6.92. The van der Waals surface area contributed by atoms with Crippen LogP contribution >= 0.6 is 34.5 Å². The number of carbonyl (C=O) groups excluding carboxylic acids is 1. The lowest BCUT2D eigenvalue weighted by atomic mass is 10.1. The summed E-state index contributed by atoms with van der Waals surface area (Å²) in [7, 11) is 1.83. The molecule has 3 heterocycles. The number of rotatable bonds is 6. The van der Waals surface area contributed by atoms with Gasteiger partial charge in [-0.2, -0.15) is 5.10 Å². The molecular formula is C24H23Cl2N7OS. The van der Waals surface area contributed by atoms with Gasteiger partial charge >= 0.3 is 0 Å². The Morgan fingerprint density at radius 3 is 2.69 bits per heavy atom. The number of hydrogen-bond donors (Lipinski definition) is 3. The van der Waals surface area contributed by atoms with Gasteiger partial charge in [-0.05, 0) is 24.3 Å². The molecule has 0 unspecified atom stereocenters. The summed E-state index contributed by atoms with van der Waals surface area (Å²) in [6, 6.07) is 15.1. The Bertz CT molecular complexity index is 1360. The van der Waals surface area contributed by atoms with Crippen LogP contribution in [-0.2, 0) is 7.05 Å². The van der Waals surface area contributed by atoms with Gasteiger partial charge in [-0.15, -0.1) is 11.3 Å². The third-order valence-corrected chi connectivity index (χ3v) is 7.17. The summed E-state index contributed by atoms with van der Waals surface area (Å²) in [5, 5.41) is 17.5. The average molecular weight is 528 g/mol. The van der Waals surface area contributed by atoms with Crippen LogP contribution in [0.1, 0.15) is 10.5 Å². The first-order chi connectivity index (χ1) is 17.0. The van der Waals surface area contributed by atoms with Crippen molar-refractivity contribution in [2.45, 2.75) is 0 Å². The van der Waals surface area contributed by atoms with Gasteiger partial charge in [0.25, 0.3) is 5.91 Å². The fourth-order valence-electron chi connectivity index (χ4n) is 3.87. The molecule has 0 saturated carbocycles. The molecule has 11 heteroatoms. The van der Waals surface area contributed by atoms with Crippen molar-refractivity contribution in [3.63, 3.8) is 0 Å². The van der Waals surface area contributed by atoms with Crippen molar-refractivity contribution in [1.29, 1.82) is 0 Å². The van der Waals surface area contributed by atoms with E-state index in [1.54, 1.807) is 22.2 Å². The molecule has 0 radical (unpaired) electrons. The summed E-state index contributed by atoms with van der Waals surface area (Å²) in [4.78, 5) is 19.7. The molecule has 3 N–H and O–H groups in total. The van der Waals surface area contributed by atoms with Crippen LogP contribution in [-0.4, -0.2) is 46.9 Å². The van der Waals surface area contributed by atoms with E-state index in [1.165, 1.54) is 11.3 Å². The number of nitrogens with zero attached hydrogens (tertiary/aromatic N) is 4. The zero-order chi connectivity index (χ0) is 24.4. The van der Waals surface area contributed by atoms with E-state index in [-0.39, 0.29) is 5.91 Å². The van der Waals surface area contributed by atoms with Crippen molar-refractivity contribution < 1.29 is 4.79 Å². The minimum atomic E-state index is -0.251. The SMILES string of the molecule is Cn1nc(-c2ccc(Cl)c(Cl)c2)cc1Nc1nc(C(=O)Nc2ccccc2N2CCNCC2)cs1. The molecule has 1 aliphatic heterocycles. The van der Waals surface area contributed by atoms with E-state index in [1.807, 2.05) is 43.4 Å². The quantitative estimate of drug-likeness (QED) is 0.317. The van der Waals surface area contributed by atoms with Gasteiger partial charge in [-0.3, -0.25) is 9.48 Å². The molecule has 1 fully saturated rings. The zero-order valence-corrected chi connectivity index (χ0v) is 21.2. The predicted octanol–water partition coefficient (Wildman–Crippen LogP) is 5.26. The number of nitrogens with one attached hydrogen (secondary N) is 3. The maximum absolute atomic E-state index is 13.0. The smallest absolute Gasteiger partial charge is 0.275 e. The molecule has 35 heavy (non-hydrogen) atoms. The number of carbonyl (C=O) groups is 1. The highest BCUT2D eigenvalue weighted by Crippen LogP contribution is 2.31. The highest BCUT2D eigenvalue weighted by atomic mass is 35.5. The maximum atomic E-state index is 13.0. The van der Waals surface area contributed by atoms with Gasteiger partial charge in [-0.25, -0.2) is 4.98 Å². The number of hydrogen-bond acceptors (Lipinski definition) is 7. The molecule has 1 aliphatic rings. The number of halogens is 2. The highest BCUT2D eigenvalue weighted by molar-refractivity contribution is 7.14. The Labute approximate surface area is 216 Å². The van der Waals surface area contributed by atoms with Crippen molar-refractivity contribution in [1.82, 2.24) is 20.1 Å². The Hall–Kier alpha value is -3.11. The molecule has 1 saturated heterocycles. The normalized spacial score (nSPS) is 13.6. The van der Waals surface area contributed by atoms with Gasteiger partial charge in [0.2, 0.25) is 0 Å². The van der Waals surface area contributed by atoms with Gasteiger partial charge < -0.3 is 20.9 Å². The molecule has 0 spiro atoms. The monoisotopic (exact) mass is 527 g/mol. The number of aryl methyl sites for hydroxylation is 1. The minimum absolute atomic E-state index is 0.251. The molecule has 180 valence electrons. The van der Waals surface area contributed by atoms with Crippen LogP contribution < -0.4 is 20.9 Å². The fraction of sp³-hybridized carbons (Fsp3) is 0.208. The van der Waals surface area contributed by atoms with E-state index < -0.39 is 0 Å². The fourth-order valence-corrected chi connectivity index (χ4v) is 4.87. The highest BCUT2D eigenvalue weighted by Gasteiger charge is 2.18. The third-order valence-electron chi connectivity index (χ3n) is 5.68. The molecule has 0 aliphatic carbocycles. The molecule has 2 aromatic heterocycles. The summed E-state index contributed by atoms with van der Waals surface area (Å²) in [6.07, 6.45) is 0. The first-order valence-electron chi connectivity index (χ1n) is 11.1. The molecule has 0 bridgehead atoms. The largest absolute Gasteiger partial charge is 0.367 e. The number of anilines is 4. The van der Waals surface area contributed by atoms with E-state index in [9.17, 15) is 4.79 Å². The third kappa shape index (κ3) is 5.28. The van der Waals surface area contributed by atoms with Crippen LogP contribution in [0.4, 0.5) is 22.3 Å².